The first-order valence-corrected chi connectivity index (χ1v) is 10.8. The lowest BCUT2D eigenvalue weighted by atomic mass is 9.95. The SMILES string of the molecule is COc1cccc(CCC(=O)N2CCCCC2CCc2ccc(OC)c(OC)c2)c1. The number of carbonyl (C=O) groups is 1. The van der Waals surface area contributed by atoms with Gasteiger partial charge in [0.2, 0.25) is 5.91 Å². The molecule has 0 aliphatic carbocycles. The van der Waals surface area contributed by atoms with E-state index in [0.29, 0.717) is 12.5 Å². The van der Waals surface area contributed by atoms with E-state index in [0.717, 1.165) is 61.5 Å². The Hall–Kier alpha value is -2.69. The van der Waals surface area contributed by atoms with Crippen LogP contribution >= 0.6 is 0 Å². The van der Waals surface area contributed by atoms with Crippen LogP contribution in [0.2, 0.25) is 0 Å². The molecule has 2 aromatic carbocycles. The average Bonchev–Trinajstić information content (AvgIpc) is 2.81. The normalized spacial score (nSPS) is 16.2. The number of ether oxygens (including phenoxy) is 3. The molecule has 1 heterocycles. The van der Waals surface area contributed by atoms with Crippen LogP contribution < -0.4 is 14.2 Å². The summed E-state index contributed by atoms with van der Waals surface area (Å²) < 4.78 is 16.0. The van der Waals surface area contributed by atoms with Gasteiger partial charge in [-0.15, -0.1) is 0 Å². The lowest BCUT2D eigenvalue weighted by Crippen LogP contribution is -2.44. The molecule has 5 heteroatoms. The number of hydrogen-bond acceptors (Lipinski definition) is 4. The highest BCUT2D eigenvalue weighted by Crippen LogP contribution is 2.29. The van der Waals surface area contributed by atoms with E-state index in [2.05, 4.69) is 17.0 Å². The minimum atomic E-state index is 0.259. The van der Waals surface area contributed by atoms with E-state index in [-0.39, 0.29) is 5.91 Å². The van der Waals surface area contributed by atoms with Crippen LogP contribution in [0, 0.1) is 0 Å². The van der Waals surface area contributed by atoms with Crippen molar-refractivity contribution >= 4 is 5.91 Å². The zero-order valence-electron chi connectivity index (χ0n) is 18.4. The minimum absolute atomic E-state index is 0.259. The minimum Gasteiger partial charge on any atom is -0.497 e. The van der Waals surface area contributed by atoms with Crippen molar-refractivity contribution in [1.29, 1.82) is 0 Å². The van der Waals surface area contributed by atoms with Crippen LogP contribution in [0.25, 0.3) is 0 Å². The molecule has 1 aliphatic heterocycles. The molecule has 1 fully saturated rings. The Kier molecular flexibility index (Phi) is 8.00. The van der Waals surface area contributed by atoms with E-state index in [1.54, 1.807) is 21.3 Å². The molecule has 2 aromatic rings. The summed E-state index contributed by atoms with van der Waals surface area (Å²) in [5, 5.41) is 0. The molecule has 3 rings (SSSR count). The predicted molar refractivity (Wildman–Crippen MR) is 119 cm³/mol. The molecule has 1 atom stereocenters. The van der Waals surface area contributed by atoms with Crippen LogP contribution in [-0.2, 0) is 17.6 Å². The van der Waals surface area contributed by atoms with Gasteiger partial charge >= 0.3 is 0 Å². The summed E-state index contributed by atoms with van der Waals surface area (Å²) in [6.45, 7) is 0.869. The first-order chi connectivity index (χ1) is 14.6. The molecular weight excluding hydrogens is 378 g/mol. The van der Waals surface area contributed by atoms with Crippen LogP contribution in [0.15, 0.2) is 42.5 Å². The number of rotatable bonds is 9. The number of methoxy groups -OCH3 is 3. The molecule has 0 aromatic heterocycles. The van der Waals surface area contributed by atoms with E-state index in [1.807, 2.05) is 30.3 Å². The summed E-state index contributed by atoms with van der Waals surface area (Å²) in [6, 6.07) is 14.4. The highest BCUT2D eigenvalue weighted by molar-refractivity contribution is 5.77. The van der Waals surface area contributed by atoms with Crippen molar-refractivity contribution in [3.05, 3.63) is 53.6 Å². The fourth-order valence-corrected chi connectivity index (χ4v) is 4.22. The zero-order chi connectivity index (χ0) is 21.3. The van der Waals surface area contributed by atoms with Crippen molar-refractivity contribution in [3.63, 3.8) is 0 Å². The summed E-state index contributed by atoms with van der Waals surface area (Å²) in [4.78, 5) is 15.1. The van der Waals surface area contributed by atoms with Gasteiger partial charge in [-0.1, -0.05) is 18.2 Å². The largest absolute Gasteiger partial charge is 0.497 e. The Morgan fingerprint density at radius 2 is 1.73 bits per heavy atom. The van der Waals surface area contributed by atoms with Gasteiger partial charge in [0.25, 0.3) is 0 Å². The Morgan fingerprint density at radius 1 is 0.933 bits per heavy atom. The summed E-state index contributed by atoms with van der Waals surface area (Å²) in [5.74, 6) is 2.60. The molecule has 1 amide bonds. The van der Waals surface area contributed by atoms with Crippen LogP contribution in [-0.4, -0.2) is 44.7 Å². The highest BCUT2D eigenvalue weighted by Gasteiger charge is 2.26. The van der Waals surface area contributed by atoms with Crippen molar-refractivity contribution < 1.29 is 19.0 Å². The Balaban J connectivity index is 1.58. The molecule has 5 nitrogen and oxygen atoms in total. The molecule has 0 bridgehead atoms. The van der Waals surface area contributed by atoms with Crippen molar-refractivity contribution in [1.82, 2.24) is 4.90 Å². The third-order valence-electron chi connectivity index (χ3n) is 5.92. The fourth-order valence-electron chi connectivity index (χ4n) is 4.22. The quantitative estimate of drug-likeness (QED) is 0.602. The highest BCUT2D eigenvalue weighted by atomic mass is 16.5. The Bertz CT molecular complexity index is 836. The van der Waals surface area contributed by atoms with Gasteiger partial charge < -0.3 is 19.1 Å². The van der Waals surface area contributed by atoms with Gasteiger partial charge in [0, 0.05) is 19.0 Å². The number of amides is 1. The van der Waals surface area contributed by atoms with Crippen LogP contribution in [0.4, 0.5) is 0 Å². The second-order valence-electron chi connectivity index (χ2n) is 7.82. The van der Waals surface area contributed by atoms with Crippen molar-refractivity contribution in [2.24, 2.45) is 0 Å². The maximum atomic E-state index is 13.0. The molecule has 1 unspecified atom stereocenters. The average molecular weight is 412 g/mol. The smallest absolute Gasteiger partial charge is 0.223 e. The van der Waals surface area contributed by atoms with Gasteiger partial charge in [0.15, 0.2) is 11.5 Å². The van der Waals surface area contributed by atoms with Gasteiger partial charge in [0.1, 0.15) is 5.75 Å². The Morgan fingerprint density at radius 3 is 2.50 bits per heavy atom. The standard InChI is InChI=1S/C25H33NO4/c1-28-22-9-6-7-19(17-22)12-15-25(27)26-16-5-4-8-21(26)13-10-20-11-14-23(29-2)24(18-20)30-3/h6-7,9,11,14,17-18,21H,4-5,8,10,12-13,15-16H2,1-3H3. The predicted octanol–water partition coefficient (Wildman–Crippen LogP) is 4.66. The van der Waals surface area contributed by atoms with E-state index in [4.69, 9.17) is 14.2 Å². The van der Waals surface area contributed by atoms with Gasteiger partial charge in [-0.05, 0) is 73.9 Å². The third-order valence-corrected chi connectivity index (χ3v) is 5.92. The summed E-state index contributed by atoms with van der Waals surface area (Å²) in [6.07, 6.45) is 6.55. The molecule has 1 saturated heterocycles. The van der Waals surface area contributed by atoms with Crippen molar-refractivity contribution in [2.75, 3.05) is 27.9 Å². The lowest BCUT2D eigenvalue weighted by Gasteiger charge is -2.36. The first kappa shape index (κ1) is 22.0. The second kappa shape index (κ2) is 10.9. The van der Waals surface area contributed by atoms with E-state index < -0.39 is 0 Å². The topological polar surface area (TPSA) is 48.0 Å². The number of aryl methyl sites for hydroxylation is 2. The molecule has 1 aliphatic rings. The molecular formula is C25H33NO4. The third kappa shape index (κ3) is 5.68. The van der Waals surface area contributed by atoms with Crippen LogP contribution in [0.3, 0.4) is 0 Å². The summed E-state index contributed by atoms with van der Waals surface area (Å²) >= 11 is 0. The Labute approximate surface area is 179 Å². The maximum absolute atomic E-state index is 13.0. The molecule has 0 N–H and O–H groups in total. The van der Waals surface area contributed by atoms with Crippen molar-refractivity contribution in [2.45, 2.75) is 51.0 Å². The monoisotopic (exact) mass is 411 g/mol. The lowest BCUT2D eigenvalue weighted by molar-refractivity contribution is -0.135. The number of piperidine rings is 1. The van der Waals surface area contributed by atoms with Gasteiger partial charge in [-0.3, -0.25) is 4.79 Å². The number of benzene rings is 2. The second-order valence-corrected chi connectivity index (χ2v) is 7.82. The van der Waals surface area contributed by atoms with Crippen LogP contribution in [0.1, 0.15) is 43.2 Å². The number of hydrogen-bond donors (Lipinski definition) is 0. The molecule has 0 spiro atoms. The molecule has 162 valence electrons. The van der Waals surface area contributed by atoms with E-state index in [1.165, 1.54) is 12.0 Å². The number of likely N-dealkylation sites (tertiary alicyclic amines) is 1. The summed E-state index contributed by atoms with van der Waals surface area (Å²) in [7, 11) is 4.97. The zero-order valence-corrected chi connectivity index (χ0v) is 18.4. The van der Waals surface area contributed by atoms with E-state index in [9.17, 15) is 4.79 Å². The van der Waals surface area contributed by atoms with Gasteiger partial charge in [-0.25, -0.2) is 0 Å². The number of nitrogens with zero attached hydrogens (tertiary/aromatic N) is 1. The molecule has 0 radical (unpaired) electrons. The van der Waals surface area contributed by atoms with Gasteiger partial charge in [0.05, 0.1) is 21.3 Å². The molecule has 0 saturated carbocycles. The first-order valence-electron chi connectivity index (χ1n) is 10.8. The van der Waals surface area contributed by atoms with Gasteiger partial charge in [-0.2, -0.15) is 0 Å². The van der Waals surface area contributed by atoms with E-state index >= 15 is 0 Å². The fraction of sp³-hybridized carbons (Fsp3) is 0.480. The number of carbonyl (C=O) groups excluding carboxylic acids is 1. The van der Waals surface area contributed by atoms with Crippen LogP contribution in [0.5, 0.6) is 17.2 Å². The molecule has 30 heavy (non-hydrogen) atoms. The summed E-state index contributed by atoms with van der Waals surface area (Å²) in [5.41, 5.74) is 2.35. The maximum Gasteiger partial charge on any atom is 0.223 e. The van der Waals surface area contributed by atoms with Crippen molar-refractivity contribution in [3.8, 4) is 17.2 Å².